The predicted molar refractivity (Wildman–Crippen MR) is 69.2 cm³/mol. The lowest BCUT2D eigenvalue weighted by Gasteiger charge is -2.11. The van der Waals surface area contributed by atoms with Crippen molar-refractivity contribution in [1.82, 2.24) is 10.6 Å². The fourth-order valence-corrected chi connectivity index (χ4v) is 2.25. The predicted octanol–water partition coefficient (Wildman–Crippen LogP) is 1.75. The second-order valence-corrected chi connectivity index (χ2v) is 4.77. The molecular formula is C13H17ClN2O. The molecule has 17 heavy (non-hydrogen) atoms. The molecule has 0 bridgehead atoms. The first-order valence-corrected chi connectivity index (χ1v) is 6.37. The van der Waals surface area contributed by atoms with Crippen LogP contribution in [0.2, 0.25) is 5.02 Å². The third-order valence-electron chi connectivity index (χ3n) is 3.02. The lowest BCUT2D eigenvalue weighted by molar-refractivity contribution is -0.120. The molecule has 4 heteroatoms. The van der Waals surface area contributed by atoms with Crippen molar-refractivity contribution >= 4 is 17.5 Å². The molecule has 0 aromatic heterocycles. The van der Waals surface area contributed by atoms with Gasteiger partial charge in [-0.05, 0) is 31.0 Å². The summed E-state index contributed by atoms with van der Waals surface area (Å²) in [5.41, 5.74) is 0.881. The Morgan fingerprint density at radius 1 is 1.47 bits per heavy atom. The van der Waals surface area contributed by atoms with Crippen molar-refractivity contribution < 1.29 is 4.79 Å². The van der Waals surface area contributed by atoms with E-state index in [9.17, 15) is 4.79 Å². The minimum Gasteiger partial charge on any atom is -0.354 e. The molecule has 0 radical (unpaired) electrons. The van der Waals surface area contributed by atoms with Gasteiger partial charge in [0.15, 0.2) is 0 Å². The van der Waals surface area contributed by atoms with Gasteiger partial charge >= 0.3 is 0 Å². The van der Waals surface area contributed by atoms with Crippen LogP contribution in [0.1, 0.15) is 18.4 Å². The minimum absolute atomic E-state index is 0.0341. The zero-order valence-electron chi connectivity index (χ0n) is 9.71. The average Bonchev–Trinajstić information content (AvgIpc) is 2.82. The highest BCUT2D eigenvalue weighted by atomic mass is 35.5. The summed E-state index contributed by atoms with van der Waals surface area (Å²) in [6.45, 7) is 1.77. The van der Waals surface area contributed by atoms with Crippen LogP contribution in [-0.4, -0.2) is 25.0 Å². The van der Waals surface area contributed by atoms with Crippen LogP contribution in [0, 0.1) is 0 Å². The van der Waals surface area contributed by atoms with E-state index in [1.807, 2.05) is 24.3 Å². The van der Waals surface area contributed by atoms with Crippen LogP contribution < -0.4 is 10.6 Å². The Hall–Kier alpha value is -1.06. The van der Waals surface area contributed by atoms with Crippen molar-refractivity contribution in [3.63, 3.8) is 0 Å². The molecule has 1 atom stereocenters. The second kappa shape index (κ2) is 6.03. The molecule has 1 saturated heterocycles. The second-order valence-electron chi connectivity index (χ2n) is 4.37. The first kappa shape index (κ1) is 12.4. The summed E-state index contributed by atoms with van der Waals surface area (Å²) in [5.74, 6) is 0.0341. The Morgan fingerprint density at radius 3 is 3.00 bits per heavy atom. The van der Waals surface area contributed by atoms with Gasteiger partial charge in [-0.15, -0.1) is 0 Å². The molecular weight excluding hydrogens is 236 g/mol. The van der Waals surface area contributed by atoms with Crippen molar-refractivity contribution in [2.45, 2.75) is 25.3 Å². The van der Waals surface area contributed by atoms with Crippen molar-refractivity contribution in [2.24, 2.45) is 0 Å². The van der Waals surface area contributed by atoms with Crippen molar-refractivity contribution in [2.75, 3.05) is 13.1 Å². The van der Waals surface area contributed by atoms with Gasteiger partial charge in [0.2, 0.25) is 5.91 Å². The smallest absolute Gasteiger partial charge is 0.224 e. The van der Waals surface area contributed by atoms with Gasteiger partial charge in [0.1, 0.15) is 0 Å². The monoisotopic (exact) mass is 252 g/mol. The van der Waals surface area contributed by atoms with E-state index < -0.39 is 0 Å². The van der Waals surface area contributed by atoms with Crippen LogP contribution in [-0.2, 0) is 11.2 Å². The maximum Gasteiger partial charge on any atom is 0.224 e. The third-order valence-corrected chi connectivity index (χ3v) is 3.39. The van der Waals surface area contributed by atoms with Crippen LogP contribution in [0.15, 0.2) is 24.3 Å². The van der Waals surface area contributed by atoms with Crippen LogP contribution in [0.4, 0.5) is 0 Å². The number of carbonyl (C=O) groups is 1. The highest BCUT2D eigenvalue weighted by Gasteiger charge is 2.14. The number of amides is 1. The molecule has 3 nitrogen and oxygen atoms in total. The van der Waals surface area contributed by atoms with Crippen molar-refractivity contribution in [1.29, 1.82) is 0 Å². The van der Waals surface area contributed by atoms with Gasteiger partial charge < -0.3 is 10.6 Å². The maximum absolute atomic E-state index is 11.7. The van der Waals surface area contributed by atoms with E-state index >= 15 is 0 Å². The zero-order chi connectivity index (χ0) is 12.1. The third kappa shape index (κ3) is 3.72. The molecule has 2 rings (SSSR count). The standard InChI is InChI=1S/C13H17ClN2O/c14-12-6-2-1-4-10(12)8-13(17)16-9-11-5-3-7-15-11/h1-2,4,6,11,15H,3,5,7-9H2,(H,16,17). The quantitative estimate of drug-likeness (QED) is 0.857. The summed E-state index contributed by atoms with van der Waals surface area (Å²) in [4.78, 5) is 11.7. The van der Waals surface area contributed by atoms with E-state index in [0.29, 0.717) is 24.0 Å². The highest BCUT2D eigenvalue weighted by Crippen LogP contribution is 2.15. The molecule has 1 unspecified atom stereocenters. The van der Waals surface area contributed by atoms with E-state index in [2.05, 4.69) is 10.6 Å². The molecule has 92 valence electrons. The number of nitrogens with one attached hydrogen (secondary N) is 2. The number of carbonyl (C=O) groups excluding carboxylic acids is 1. The van der Waals surface area contributed by atoms with E-state index in [-0.39, 0.29) is 5.91 Å². The van der Waals surface area contributed by atoms with Crippen LogP contribution in [0.5, 0.6) is 0 Å². The molecule has 1 amide bonds. The minimum atomic E-state index is 0.0341. The Balaban J connectivity index is 1.79. The average molecular weight is 253 g/mol. The van der Waals surface area contributed by atoms with Crippen molar-refractivity contribution in [3.8, 4) is 0 Å². The summed E-state index contributed by atoms with van der Waals surface area (Å²) in [5, 5.41) is 6.94. The van der Waals surface area contributed by atoms with Crippen LogP contribution in [0.25, 0.3) is 0 Å². The number of benzene rings is 1. The van der Waals surface area contributed by atoms with Crippen LogP contribution >= 0.6 is 11.6 Å². The zero-order valence-corrected chi connectivity index (χ0v) is 10.5. The summed E-state index contributed by atoms with van der Waals surface area (Å²) >= 11 is 6.00. The van der Waals surface area contributed by atoms with Gasteiger partial charge in [-0.25, -0.2) is 0 Å². The van der Waals surface area contributed by atoms with Crippen molar-refractivity contribution in [3.05, 3.63) is 34.9 Å². The van der Waals surface area contributed by atoms with Gasteiger partial charge in [0.25, 0.3) is 0 Å². The molecule has 1 fully saturated rings. The number of rotatable bonds is 4. The molecule has 0 aliphatic carbocycles. The van der Waals surface area contributed by atoms with Gasteiger partial charge in [-0.3, -0.25) is 4.79 Å². The fourth-order valence-electron chi connectivity index (χ4n) is 2.05. The van der Waals surface area contributed by atoms with Crippen LogP contribution in [0.3, 0.4) is 0 Å². The molecule has 1 aromatic rings. The number of halogens is 1. The van der Waals surface area contributed by atoms with E-state index in [4.69, 9.17) is 11.6 Å². The first-order chi connectivity index (χ1) is 8.25. The molecule has 1 heterocycles. The Bertz CT molecular complexity index is 389. The normalized spacial score (nSPS) is 19.2. The summed E-state index contributed by atoms with van der Waals surface area (Å²) in [7, 11) is 0. The topological polar surface area (TPSA) is 41.1 Å². The van der Waals surface area contributed by atoms with Gasteiger partial charge in [0.05, 0.1) is 6.42 Å². The SMILES string of the molecule is O=C(Cc1ccccc1Cl)NCC1CCCN1. The van der Waals surface area contributed by atoms with Gasteiger partial charge in [0, 0.05) is 17.6 Å². The largest absolute Gasteiger partial charge is 0.354 e. The molecule has 1 aliphatic rings. The Labute approximate surface area is 107 Å². The number of hydrogen-bond donors (Lipinski definition) is 2. The Kier molecular flexibility index (Phi) is 4.40. The highest BCUT2D eigenvalue weighted by molar-refractivity contribution is 6.31. The van der Waals surface area contributed by atoms with E-state index in [0.717, 1.165) is 18.5 Å². The molecule has 1 aromatic carbocycles. The van der Waals surface area contributed by atoms with Gasteiger partial charge in [-0.1, -0.05) is 29.8 Å². The lowest BCUT2D eigenvalue weighted by Crippen LogP contribution is -2.37. The lowest BCUT2D eigenvalue weighted by atomic mass is 10.1. The molecule has 0 saturated carbocycles. The summed E-state index contributed by atoms with van der Waals surface area (Å²) in [6.07, 6.45) is 2.70. The molecule has 0 spiro atoms. The van der Waals surface area contributed by atoms with E-state index in [1.54, 1.807) is 0 Å². The fraction of sp³-hybridized carbons (Fsp3) is 0.462. The molecule has 1 aliphatic heterocycles. The van der Waals surface area contributed by atoms with Gasteiger partial charge in [-0.2, -0.15) is 0 Å². The van der Waals surface area contributed by atoms with E-state index in [1.165, 1.54) is 6.42 Å². The maximum atomic E-state index is 11.7. The first-order valence-electron chi connectivity index (χ1n) is 5.99. The summed E-state index contributed by atoms with van der Waals surface area (Å²) in [6, 6.07) is 7.89. The summed E-state index contributed by atoms with van der Waals surface area (Å²) < 4.78 is 0. The molecule has 2 N–H and O–H groups in total. The Morgan fingerprint density at radius 2 is 2.29 bits per heavy atom. The number of hydrogen-bond acceptors (Lipinski definition) is 2.